The van der Waals surface area contributed by atoms with Crippen LogP contribution in [0, 0.1) is 10.1 Å². The van der Waals surface area contributed by atoms with E-state index in [1.807, 2.05) is 0 Å². The maximum Gasteiger partial charge on any atom is 0.287 e. The summed E-state index contributed by atoms with van der Waals surface area (Å²) in [6.45, 7) is 1.56. The van der Waals surface area contributed by atoms with Crippen molar-refractivity contribution in [2.24, 2.45) is 0 Å². The maximum absolute atomic E-state index is 10.8. The third kappa shape index (κ3) is 3.20. The van der Waals surface area contributed by atoms with Crippen LogP contribution in [0.3, 0.4) is 0 Å². The second-order valence-corrected chi connectivity index (χ2v) is 5.10. The van der Waals surface area contributed by atoms with Crippen LogP contribution in [0.25, 0.3) is 0 Å². The molecular formula is C12H15BrN2O3. The lowest BCUT2D eigenvalue weighted by molar-refractivity contribution is -0.385. The molecule has 1 atom stereocenters. The summed E-state index contributed by atoms with van der Waals surface area (Å²) in [5.74, 6) is 0.525. The fourth-order valence-corrected chi connectivity index (χ4v) is 2.53. The summed E-state index contributed by atoms with van der Waals surface area (Å²) < 4.78 is 6.06. The topological polar surface area (TPSA) is 64.4 Å². The monoisotopic (exact) mass is 314 g/mol. The van der Waals surface area contributed by atoms with Gasteiger partial charge in [-0.1, -0.05) is 12.5 Å². The van der Waals surface area contributed by atoms with E-state index in [1.54, 1.807) is 12.1 Å². The summed E-state index contributed by atoms with van der Waals surface area (Å²) in [7, 11) is 0. The number of halogens is 1. The minimum atomic E-state index is -0.421. The van der Waals surface area contributed by atoms with E-state index in [1.165, 1.54) is 18.9 Å². The molecule has 6 heteroatoms. The van der Waals surface area contributed by atoms with Crippen LogP contribution >= 0.6 is 15.9 Å². The number of piperidine rings is 1. The van der Waals surface area contributed by atoms with E-state index in [0.29, 0.717) is 22.9 Å². The third-order valence-electron chi connectivity index (χ3n) is 2.99. The summed E-state index contributed by atoms with van der Waals surface area (Å²) in [6, 6.07) is 5.16. The van der Waals surface area contributed by atoms with Crippen LogP contribution in [0.15, 0.2) is 22.7 Å². The molecule has 1 fully saturated rings. The maximum atomic E-state index is 10.8. The molecule has 0 saturated carbocycles. The molecule has 5 nitrogen and oxygen atoms in total. The predicted octanol–water partition coefficient (Wildman–Crippen LogP) is 2.88. The number of benzene rings is 1. The fraction of sp³-hybridized carbons (Fsp3) is 0.500. The van der Waals surface area contributed by atoms with Crippen molar-refractivity contribution in [3.05, 3.63) is 32.8 Å². The Kier molecular flexibility index (Phi) is 4.54. The minimum absolute atomic E-state index is 0.0316. The molecule has 0 spiro atoms. The zero-order chi connectivity index (χ0) is 13.0. The molecule has 2 rings (SSSR count). The molecule has 1 heterocycles. The summed E-state index contributed by atoms with van der Waals surface area (Å²) in [6.07, 6.45) is 3.50. The number of hydrogen-bond acceptors (Lipinski definition) is 4. The van der Waals surface area contributed by atoms with Crippen molar-refractivity contribution in [3.63, 3.8) is 0 Å². The Morgan fingerprint density at radius 1 is 1.50 bits per heavy atom. The lowest BCUT2D eigenvalue weighted by atomic mass is 10.1. The van der Waals surface area contributed by atoms with Gasteiger partial charge in [0.2, 0.25) is 0 Å². The van der Waals surface area contributed by atoms with E-state index < -0.39 is 4.92 Å². The first kappa shape index (κ1) is 13.3. The molecule has 1 aromatic carbocycles. The smallest absolute Gasteiger partial charge is 0.287 e. The number of nitrogens with zero attached hydrogens (tertiary/aromatic N) is 1. The van der Waals surface area contributed by atoms with E-state index in [0.717, 1.165) is 13.0 Å². The molecular weight excluding hydrogens is 300 g/mol. The highest BCUT2D eigenvalue weighted by Gasteiger charge is 2.18. The highest BCUT2D eigenvalue weighted by atomic mass is 79.9. The highest BCUT2D eigenvalue weighted by Crippen LogP contribution is 2.33. The zero-order valence-electron chi connectivity index (χ0n) is 9.89. The lowest BCUT2D eigenvalue weighted by Crippen LogP contribution is -2.38. The number of nitro benzene ring substituents is 1. The average Bonchev–Trinajstić information content (AvgIpc) is 2.38. The van der Waals surface area contributed by atoms with Crippen molar-refractivity contribution in [2.45, 2.75) is 25.3 Å². The van der Waals surface area contributed by atoms with E-state index in [-0.39, 0.29) is 5.69 Å². The first-order chi connectivity index (χ1) is 8.68. The summed E-state index contributed by atoms with van der Waals surface area (Å²) in [5.41, 5.74) is 0.0316. The Balaban J connectivity index is 2.00. The molecule has 0 bridgehead atoms. The van der Waals surface area contributed by atoms with Crippen molar-refractivity contribution in [2.75, 3.05) is 13.2 Å². The van der Waals surface area contributed by atoms with Crippen LogP contribution in [-0.2, 0) is 0 Å². The van der Waals surface area contributed by atoms with Gasteiger partial charge < -0.3 is 10.1 Å². The van der Waals surface area contributed by atoms with Crippen LogP contribution in [0.2, 0.25) is 0 Å². The number of nitrogens with one attached hydrogen (secondary N) is 1. The van der Waals surface area contributed by atoms with Crippen molar-refractivity contribution < 1.29 is 9.66 Å². The Bertz CT molecular complexity index is 433. The number of hydrogen-bond donors (Lipinski definition) is 1. The SMILES string of the molecule is O=[N+]([O-])c1cccc(OCC2CCCCN2)c1Br. The molecule has 0 amide bonds. The van der Waals surface area contributed by atoms with Crippen molar-refractivity contribution in [1.82, 2.24) is 5.32 Å². The van der Waals surface area contributed by atoms with Crippen LogP contribution in [0.5, 0.6) is 5.75 Å². The number of nitro groups is 1. The van der Waals surface area contributed by atoms with E-state index in [9.17, 15) is 10.1 Å². The van der Waals surface area contributed by atoms with Crippen LogP contribution in [-0.4, -0.2) is 24.1 Å². The summed E-state index contributed by atoms with van der Waals surface area (Å²) >= 11 is 3.22. The Labute approximate surface area is 114 Å². The molecule has 18 heavy (non-hydrogen) atoms. The van der Waals surface area contributed by atoms with E-state index in [4.69, 9.17) is 4.74 Å². The molecule has 1 saturated heterocycles. The second-order valence-electron chi connectivity index (χ2n) is 4.30. The van der Waals surface area contributed by atoms with Gasteiger partial charge in [0.15, 0.2) is 0 Å². The molecule has 1 unspecified atom stereocenters. The van der Waals surface area contributed by atoms with Crippen molar-refractivity contribution in [3.8, 4) is 5.75 Å². The van der Waals surface area contributed by atoms with E-state index >= 15 is 0 Å². The first-order valence-corrected chi connectivity index (χ1v) is 6.77. The largest absolute Gasteiger partial charge is 0.491 e. The van der Waals surface area contributed by atoms with Gasteiger partial charge in [0.05, 0.1) is 4.92 Å². The highest BCUT2D eigenvalue weighted by molar-refractivity contribution is 9.10. The zero-order valence-corrected chi connectivity index (χ0v) is 11.5. The van der Waals surface area contributed by atoms with Crippen molar-refractivity contribution in [1.29, 1.82) is 0 Å². The van der Waals surface area contributed by atoms with Gasteiger partial charge in [-0.05, 0) is 41.4 Å². The van der Waals surface area contributed by atoms with Gasteiger partial charge in [-0.25, -0.2) is 0 Å². The Morgan fingerprint density at radius 2 is 2.33 bits per heavy atom. The van der Waals surface area contributed by atoms with Gasteiger partial charge in [0.25, 0.3) is 5.69 Å². The van der Waals surface area contributed by atoms with E-state index in [2.05, 4.69) is 21.2 Å². The van der Waals surface area contributed by atoms with Crippen LogP contribution in [0.1, 0.15) is 19.3 Å². The second kappa shape index (κ2) is 6.15. The lowest BCUT2D eigenvalue weighted by Gasteiger charge is -2.23. The van der Waals surface area contributed by atoms with Gasteiger partial charge in [0, 0.05) is 12.1 Å². The van der Waals surface area contributed by atoms with Crippen LogP contribution < -0.4 is 10.1 Å². The third-order valence-corrected chi connectivity index (χ3v) is 3.79. The van der Waals surface area contributed by atoms with Gasteiger partial charge in [-0.3, -0.25) is 10.1 Å². The van der Waals surface area contributed by atoms with Gasteiger partial charge in [-0.2, -0.15) is 0 Å². The Morgan fingerprint density at radius 3 is 3.00 bits per heavy atom. The molecule has 1 aliphatic rings. The molecule has 0 aromatic heterocycles. The normalized spacial score (nSPS) is 19.5. The standard InChI is InChI=1S/C12H15BrN2O3/c13-12-10(15(16)17)5-3-6-11(12)18-8-9-4-1-2-7-14-9/h3,5-6,9,14H,1-2,4,7-8H2. The van der Waals surface area contributed by atoms with Crippen molar-refractivity contribution >= 4 is 21.6 Å². The number of ether oxygens (including phenoxy) is 1. The minimum Gasteiger partial charge on any atom is -0.491 e. The number of rotatable bonds is 4. The molecule has 0 aliphatic carbocycles. The summed E-state index contributed by atoms with van der Waals surface area (Å²) in [5, 5.41) is 14.2. The quantitative estimate of drug-likeness (QED) is 0.685. The molecule has 98 valence electrons. The molecule has 0 radical (unpaired) electrons. The average molecular weight is 315 g/mol. The fourth-order valence-electron chi connectivity index (χ4n) is 2.01. The molecule has 1 aliphatic heterocycles. The molecule has 1 aromatic rings. The van der Waals surface area contributed by atoms with Crippen LogP contribution in [0.4, 0.5) is 5.69 Å². The summed E-state index contributed by atoms with van der Waals surface area (Å²) in [4.78, 5) is 10.4. The van der Waals surface area contributed by atoms with Gasteiger partial charge in [-0.15, -0.1) is 0 Å². The molecule has 1 N–H and O–H groups in total. The Hall–Kier alpha value is -1.14. The predicted molar refractivity (Wildman–Crippen MR) is 71.9 cm³/mol. The first-order valence-electron chi connectivity index (χ1n) is 5.97. The van der Waals surface area contributed by atoms with Gasteiger partial charge >= 0.3 is 0 Å². The van der Waals surface area contributed by atoms with Gasteiger partial charge in [0.1, 0.15) is 16.8 Å².